The number of aliphatic hydroxyl groups excluding tert-OH is 1. The first kappa shape index (κ1) is 17.2. The van der Waals surface area contributed by atoms with Gasteiger partial charge in [0.1, 0.15) is 5.82 Å². The maximum absolute atomic E-state index is 13.3. The zero-order valence-electron chi connectivity index (χ0n) is 13.8. The number of urea groups is 1. The highest BCUT2D eigenvalue weighted by molar-refractivity contribution is 5.74. The third kappa shape index (κ3) is 4.92. The second-order valence-electron chi connectivity index (χ2n) is 6.78. The highest BCUT2D eigenvalue weighted by atomic mass is 19.1. The van der Waals surface area contributed by atoms with Gasteiger partial charge >= 0.3 is 6.03 Å². The minimum Gasteiger partial charge on any atom is -0.389 e. The van der Waals surface area contributed by atoms with Gasteiger partial charge in [0.2, 0.25) is 0 Å². The molecule has 0 saturated heterocycles. The van der Waals surface area contributed by atoms with Gasteiger partial charge in [0, 0.05) is 13.2 Å². The summed E-state index contributed by atoms with van der Waals surface area (Å²) in [6, 6.07) is 4.28. The largest absolute Gasteiger partial charge is 0.389 e. The molecule has 24 heavy (non-hydrogen) atoms. The molecule has 3 rings (SSSR count). The molecule has 1 aromatic rings. The Labute approximate surface area is 141 Å². The average molecular weight is 336 g/mol. The van der Waals surface area contributed by atoms with Crippen LogP contribution in [0.4, 0.5) is 9.18 Å². The van der Waals surface area contributed by atoms with Crippen molar-refractivity contribution < 1.29 is 19.0 Å². The molecule has 2 atom stereocenters. The van der Waals surface area contributed by atoms with Gasteiger partial charge < -0.3 is 20.5 Å². The van der Waals surface area contributed by atoms with Gasteiger partial charge in [-0.2, -0.15) is 0 Å². The van der Waals surface area contributed by atoms with E-state index in [9.17, 15) is 14.3 Å². The summed E-state index contributed by atoms with van der Waals surface area (Å²) >= 11 is 0. The predicted molar refractivity (Wildman–Crippen MR) is 88.2 cm³/mol. The molecule has 0 spiro atoms. The maximum Gasteiger partial charge on any atom is 0.315 e. The molecule has 0 bridgehead atoms. The van der Waals surface area contributed by atoms with Crippen molar-refractivity contribution in [1.29, 1.82) is 0 Å². The van der Waals surface area contributed by atoms with Crippen LogP contribution in [0.5, 0.6) is 0 Å². The summed E-state index contributed by atoms with van der Waals surface area (Å²) in [7, 11) is 0. The van der Waals surface area contributed by atoms with Gasteiger partial charge in [0.15, 0.2) is 0 Å². The van der Waals surface area contributed by atoms with E-state index in [1.807, 2.05) is 0 Å². The lowest BCUT2D eigenvalue weighted by molar-refractivity contribution is 0.0337. The molecule has 2 aliphatic rings. The van der Waals surface area contributed by atoms with E-state index in [2.05, 4.69) is 10.6 Å². The summed E-state index contributed by atoms with van der Waals surface area (Å²) in [5.74, 6) is 0.415. The maximum atomic E-state index is 13.3. The number of fused-ring (bicyclic) bond motifs is 1. The molecule has 2 aliphatic carbocycles. The van der Waals surface area contributed by atoms with E-state index in [1.54, 1.807) is 12.1 Å². The lowest BCUT2D eigenvalue weighted by Gasteiger charge is -2.26. The summed E-state index contributed by atoms with van der Waals surface area (Å²) in [4.78, 5) is 12.0. The minimum absolute atomic E-state index is 0.113. The van der Waals surface area contributed by atoms with E-state index in [4.69, 9.17) is 4.74 Å². The van der Waals surface area contributed by atoms with Crippen molar-refractivity contribution in [3.05, 3.63) is 35.1 Å². The first-order valence-electron chi connectivity index (χ1n) is 8.70. The molecular formula is C18H25FN2O3. The number of ether oxygens (including phenoxy) is 1. The quantitative estimate of drug-likeness (QED) is 0.715. The Hall–Kier alpha value is -1.66. The summed E-state index contributed by atoms with van der Waals surface area (Å²) in [5.41, 5.74) is 1.94. The van der Waals surface area contributed by atoms with E-state index in [0.29, 0.717) is 12.5 Å². The molecular weight excluding hydrogens is 311 g/mol. The van der Waals surface area contributed by atoms with Crippen molar-refractivity contribution >= 4 is 6.03 Å². The first-order chi connectivity index (χ1) is 11.6. The molecule has 3 N–H and O–H groups in total. The van der Waals surface area contributed by atoms with E-state index in [1.165, 1.54) is 18.9 Å². The number of aryl methyl sites for hydroxylation is 1. The summed E-state index contributed by atoms with van der Waals surface area (Å²) < 4.78 is 18.7. The molecule has 5 nitrogen and oxygen atoms in total. The molecule has 132 valence electrons. The van der Waals surface area contributed by atoms with Gasteiger partial charge in [-0.15, -0.1) is 0 Å². The molecule has 2 amide bonds. The fraction of sp³-hybridized carbons (Fsp3) is 0.611. The van der Waals surface area contributed by atoms with Gasteiger partial charge in [-0.05, 0) is 61.3 Å². The number of amides is 2. The second kappa shape index (κ2) is 7.94. The zero-order chi connectivity index (χ0) is 16.9. The third-order valence-corrected chi connectivity index (χ3v) is 4.58. The number of hydrogen-bond acceptors (Lipinski definition) is 3. The molecule has 1 fully saturated rings. The van der Waals surface area contributed by atoms with E-state index < -0.39 is 6.10 Å². The lowest BCUT2D eigenvalue weighted by Crippen LogP contribution is -2.43. The van der Waals surface area contributed by atoms with Crippen LogP contribution in [0.3, 0.4) is 0 Å². The van der Waals surface area contributed by atoms with Crippen LogP contribution in [0.1, 0.15) is 42.9 Å². The smallest absolute Gasteiger partial charge is 0.315 e. The van der Waals surface area contributed by atoms with Crippen LogP contribution in [0.15, 0.2) is 18.2 Å². The van der Waals surface area contributed by atoms with Crippen molar-refractivity contribution in [2.24, 2.45) is 5.92 Å². The van der Waals surface area contributed by atoms with E-state index in [0.717, 1.165) is 30.4 Å². The molecule has 0 heterocycles. The monoisotopic (exact) mass is 336 g/mol. The molecule has 0 radical (unpaired) electrons. The van der Waals surface area contributed by atoms with E-state index in [-0.39, 0.29) is 31.0 Å². The number of rotatable bonds is 7. The number of nitrogens with one attached hydrogen (secondary N) is 2. The molecule has 2 unspecified atom stereocenters. The predicted octanol–water partition coefficient (Wildman–Crippen LogP) is 2.29. The fourth-order valence-corrected chi connectivity index (χ4v) is 3.07. The Bertz CT molecular complexity index is 577. The van der Waals surface area contributed by atoms with Crippen molar-refractivity contribution in [2.75, 3.05) is 19.8 Å². The number of carbonyl (C=O) groups is 1. The number of halogens is 1. The fourth-order valence-electron chi connectivity index (χ4n) is 3.07. The van der Waals surface area contributed by atoms with Crippen molar-refractivity contribution in [2.45, 2.75) is 44.2 Å². The Kier molecular flexibility index (Phi) is 5.68. The van der Waals surface area contributed by atoms with Crippen LogP contribution < -0.4 is 10.6 Å². The Morgan fingerprint density at radius 2 is 2.21 bits per heavy atom. The number of aliphatic hydroxyl groups is 1. The summed E-state index contributed by atoms with van der Waals surface area (Å²) in [5, 5.41) is 15.4. The third-order valence-electron chi connectivity index (χ3n) is 4.58. The molecule has 0 aromatic heterocycles. The van der Waals surface area contributed by atoms with Crippen molar-refractivity contribution in [3.63, 3.8) is 0 Å². The number of benzene rings is 1. The number of hydrogen-bond donors (Lipinski definition) is 3. The standard InChI is InChI=1S/C18H25FN2O3/c19-14-6-7-16-13(8-14)2-1-3-17(16)21-18(23)20-9-15(22)11-24-10-12-4-5-12/h6-8,12,15,17,22H,1-5,9-11H2,(H2,20,21,23). The van der Waals surface area contributed by atoms with Crippen LogP contribution in [0.25, 0.3) is 0 Å². The van der Waals surface area contributed by atoms with Crippen LogP contribution in [0, 0.1) is 11.7 Å². The molecule has 1 aromatic carbocycles. The average Bonchev–Trinajstić information content (AvgIpc) is 3.37. The topological polar surface area (TPSA) is 70.6 Å². The van der Waals surface area contributed by atoms with Crippen LogP contribution in [-0.2, 0) is 11.2 Å². The van der Waals surface area contributed by atoms with Crippen molar-refractivity contribution in [1.82, 2.24) is 10.6 Å². The second-order valence-corrected chi connectivity index (χ2v) is 6.78. The number of carbonyl (C=O) groups excluding carboxylic acids is 1. The Morgan fingerprint density at radius 3 is 3.00 bits per heavy atom. The Morgan fingerprint density at radius 1 is 1.38 bits per heavy atom. The van der Waals surface area contributed by atoms with Gasteiger partial charge in [-0.25, -0.2) is 9.18 Å². The SMILES string of the molecule is O=C(NCC(O)COCC1CC1)NC1CCCc2cc(F)ccc21. The van der Waals surface area contributed by atoms with Crippen molar-refractivity contribution in [3.8, 4) is 0 Å². The first-order valence-corrected chi connectivity index (χ1v) is 8.70. The van der Waals surface area contributed by atoms with Gasteiger partial charge in [0.05, 0.1) is 18.8 Å². The normalized spacial score (nSPS) is 21.0. The van der Waals surface area contributed by atoms with E-state index >= 15 is 0 Å². The summed E-state index contributed by atoms with van der Waals surface area (Å²) in [6.07, 6.45) is 4.30. The minimum atomic E-state index is -0.706. The molecule has 1 saturated carbocycles. The van der Waals surface area contributed by atoms with Gasteiger partial charge in [-0.1, -0.05) is 6.07 Å². The highest BCUT2D eigenvalue weighted by Crippen LogP contribution is 2.30. The highest BCUT2D eigenvalue weighted by Gasteiger charge is 2.23. The van der Waals surface area contributed by atoms with Gasteiger partial charge in [0.25, 0.3) is 0 Å². The van der Waals surface area contributed by atoms with Crippen LogP contribution >= 0.6 is 0 Å². The van der Waals surface area contributed by atoms with Gasteiger partial charge in [-0.3, -0.25) is 0 Å². The zero-order valence-corrected chi connectivity index (χ0v) is 13.8. The Balaban J connectivity index is 1.42. The van der Waals surface area contributed by atoms with Crippen LogP contribution in [-0.4, -0.2) is 37.0 Å². The van der Waals surface area contributed by atoms with Crippen LogP contribution in [0.2, 0.25) is 0 Å². The molecule has 6 heteroatoms. The lowest BCUT2D eigenvalue weighted by atomic mass is 9.88. The summed E-state index contributed by atoms with van der Waals surface area (Å²) in [6.45, 7) is 1.08. The molecule has 0 aliphatic heterocycles.